The molecule has 2 aliphatic rings. The number of fused-ring (bicyclic) bond motifs is 2. The summed E-state index contributed by atoms with van der Waals surface area (Å²) in [4.78, 5) is 8.39. The van der Waals surface area contributed by atoms with Crippen LogP contribution >= 0.6 is 11.6 Å². The van der Waals surface area contributed by atoms with Gasteiger partial charge in [-0.3, -0.25) is 4.98 Å². The molecule has 2 atom stereocenters. The van der Waals surface area contributed by atoms with Crippen molar-refractivity contribution in [1.82, 2.24) is 9.97 Å². The van der Waals surface area contributed by atoms with Gasteiger partial charge in [-0.1, -0.05) is 11.6 Å². The fourth-order valence-corrected chi connectivity index (χ4v) is 4.53. The maximum Gasteiger partial charge on any atom is 0.213 e. The van der Waals surface area contributed by atoms with Crippen molar-refractivity contribution in [1.29, 1.82) is 0 Å². The van der Waals surface area contributed by atoms with Crippen LogP contribution < -0.4 is 4.74 Å². The average Bonchev–Trinajstić information content (AvgIpc) is 2.81. The maximum absolute atomic E-state index is 6.11. The lowest BCUT2D eigenvalue weighted by atomic mass is 9.74. The van der Waals surface area contributed by atoms with Gasteiger partial charge in [0.25, 0.3) is 0 Å². The number of aromatic nitrogens is 2. The summed E-state index contributed by atoms with van der Waals surface area (Å²) in [5.41, 5.74) is 1.42. The molecular weight excluding hydrogens is 308 g/mol. The minimum Gasteiger partial charge on any atom is -0.474 e. The highest BCUT2D eigenvalue weighted by Gasteiger charge is 2.43. The topological polar surface area (TPSA) is 35.0 Å². The van der Waals surface area contributed by atoms with Gasteiger partial charge in [-0.2, -0.15) is 0 Å². The number of hydrogen-bond acceptors (Lipinski definition) is 3. The average molecular weight is 329 g/mol. The predicted molar refractivity (Wildman–Crippen MR) is 90.5 cm³/mol. The molecule has 2 heterocycles. The summed E-state index contributed by atoms with van der Waals surface area (Å²) in [6.07, 6.45) is 11.9. The highest BCUT2D eigenvalue weighted by atomic mass is 35.5. The molecule has 0 spiro atoms. The summed E-state index contributed by atoms with van der Waals surface area (Å²) in [6, 6.07) is 8.01. The van der Waals surface area contributed by atoms with Crippen molar-refractivity contribution < 1.29 is 4.74 Å². The fourth-order valence-electron chi connectivity index (χ4n) is 4.42. The Labute approximate surface area is 142 Å². The van der Waals surface area contributed by atoms with Crippen LogP contribution in [0.4, 0.5) is 0 Å². The lowest BCUT2D eigenvalue weighted by Gasteiger charge is -2.35. The molecule has 2 aromatic heterocycles. The third-order valence-electron chi connectivity index (χ3n) is 5.46. The molecule has 2 bridgehead atoms. The lowest BCUT2D eigenvalue weighted by Crippen LogP contribution is -2.33. The third kappa shape index (κ3) is 3.35. The zero-order valence-electron chi connectivity index (χ0n) is 13.1. The summed E-state index contributed by atoms with van der Waals surface area (Å²) in [5, 5.41) is 0.651. The van der Waals surface area contributed by atoms with Crippen molar-refractivity contribution in [3.63, 3.8) is 0 Å². The molecule has 0 saturated heterocycles. The quantitative estimate of drug-likeness (QED) is 0.825. The van der Waals surface area contributed by atoms with Gasteiger partial charge in [0, 0.05) is 24.7 Å². The van der Waals surface area contributed by atoms with Crippen LogP contribution in [0.1, 0.15) is 31.2 Å². The van der Waals surface area contributed by atoms with Gasteiger partial charge in [0.15, 0.2) is 0 Å². The summed E-state index contributed by atoms with van der Waals surface area (Å²) >= 11 is 5.88. The molecule has 0 aromatic carbocycles. The standard InChI is InChI=1S/C19H21ClN2O/c20-16-3-4-19(22-12-16)23-17-10-14-1-2-15(11-17)18(14)9-13-5-7-21-8-6-13/h3-8,12,14-15,17-18H,1-2,9-11H2. The second-order valence-corrected chi connectivity index (χ2v) is 7.28. The van der Waals surface area contributed by atoms with E-state index in [9.17, 15) is 0 Å². The molecule has 23 heavy (non-hydrogen) atoms. The second-order valence-electron chi connectivity index (χ2n) is 6.85. The molecular formula is C19H21ClN2O. The zero-order valence-corrected chi connectivity index (χ0v) is 13.8. The molecule has 4 rings (SSSR count). The summed E-state index contributed by atoms with van der Waals surface area (Å²) in [7, 11) is 0. The van der Waals surface area contributed by atoms with Crippen LogP contribution in [0.3, 0.4) is 0 Å². The van der Waals surface area contributed by atoms with Crippen LogP contribution in [0.25, 0.3) is 0 Å². The molecule has 2 saturated carbocycles. The van der Waals surface area contributed by atoms with Gasteiger partial charge in [-0.05, 0) is 73.6 Å². The maximum atomic E-state index is 6.11. The van der Waals surface area contributed by atoms with Crippen molar-refractivity contribution in [3.05, 3.63) is 53.4 Å². The molecule has 3 nitrogen and oxygen atoms in total. The molecule has 2 fully saturated rings. The smallest absolute Gasteiger partial charge is 0.213 e. The largest absolute Gasteiger partial charge is 0.474 e. The number of hydrogen-bond donors (Lipinski definition) is 0. The Balaban J connectivity index is 1.40. The van der Waals surface area contributed by atoms with Crippen LogP contribution in [-0.4, -0.2) is 16.1 Å². The van der Waals surface area contributed by atoms with Crippen molar-refractivity contribution in [2.75, 3.05) is 0 Å². The molecule has 0 radical (unpaired) electrons. The van der Waals surface area contributed by atoms with E-state index < -0.39 is 0 Å². The summed E-state index contributed by atoms with van der Waals surface area (Å²) in [5.74, 6) is 3.06. The summed E-state index contributed by atoms with van der Waals surface area (Å²) in [6.45, 7) is 0. The highest BCUT2D eigenvalue weighted by molar-refractivity contribution is 6.30. The Bertz CT molecular complexity index is 632. The van der Waals surface area contributed by atoms with Gasteiger partial charge in [0.2, 0.25) is 5.88 Å². The van der Waals surface area contributed by atoms with Gasteiger partial charge in [-0.25, -0.2) is 4.98 Å². The van der Waals surface area contributed by atoms with Crippen LogP contribution in [0, 0.1) is 17.8 Å². The zero-order chi connectivity index (χ0) is 15.6. The van der Waals surface area contributed by atoms with Gasteiger partial charge in [0.05, 0.1) is 5.02 Å². The lowest BCUT2D eigenvalue weighted by molar-refractivity contribution is 0.0760. The number of nitrogens with zero attached hydrogens (tertiary/aromatic N) is 2. The highest BCUT2D eigenvalue weighted by Crippen LogP contribution is 2.48. The van der Waals surface area contributed by atoms with E-state index in [1.807, 2.05) is 24.5 Å². The Kier molecular flexibility index (Phi) is 4.21. The normalized spacial score (nSPS) is 29.4. The van der Waals surface area contributed by atoms with Crippen LogP contribution in [-0.2, 0) is 6.42 Å². The number of ether oxygens (including phenoxy) is 1. The van der Waals surface area contributed by atoms with Gasteiger partial charge >= 0.3 is 0 Å². The van der Waals surface area contributed by atoms with Crippen molar-refractivity contribution >= 4 is 11.6 Å². The molecule has 2 aliphatic carbocycles. The molecule has 2 unspecified atom stereocenters. The van der Waals surface area contributed by atoms with E-state index >= 15 is 0 Å². The van der Waals surface area contributed by atoms with Crippen molar-refractivity contribution in [3.8, 4) is 5.88 Å². The van der Waals surface area contributed by atoms with E-state index in [1.54, 1.807) is 6.20 Å². The predicted octanol–water partition coefficient (Wildman–Crippen LogP) is 4.56. The first-order valence-electron chi connectivity index (χ1n) is 8.45. The number of halogens is 1. The minimum absolute atomic E-state index is 0.301. The molecule has 0 amide bonds. The van der Waals surface area contributed by atoms with Gasteiger partial charge < -0.3 is 4.74 Å². The summed E-state index contributed by atoms with van der Waals surface area (Å²) < 4.78 is 6.11. The Morgan fingerprint density at radius 2 is 1.78 bits per heavy atom. The first-order chi connectivity index (χ1) is 11.3. The Morgan fingerprint density at radius 1 is 1.04 bits per heavy atom. The molecule has 120 valence electrons. The molecule has 2 aromatic rings. The van der Waals surface area contributed by atoms with Crippen LogP contribution in [0.15, 0.2) is 42.9 Å². The van der Waals surface area contributed by atoms with Gasteiger partial charge in [-0.15, -0.1) is 0 Å². The van der Waals surface area contributed by atoms with Crippen molar-refractivity contribution in [2.24, 2.45) is 17.8 Å². The molecule has 0 N–H and O–H groups in total. The van der Waals surface area contributed by atoms with Crippen LogP contribution in [0.2, 0.25) is 5.02 Å². The van der Waals surface area contributed by atoms with Crippen LogP contribution in [0.5, 0.6) is 5.88 Å². The fraction of sp³-hybridized carbons (Fsp3) is 0.474. The monoisotopic (exact) mass is 328 g/mol. The van der Waals surface area contributed by atoms with Crippen molar-refractivity contribution in [2.45, 2.75) is 38.2 Å². The Morgan fingerprint density at radius 3 is 2.43 bits per heavy atom. The number of rotatable bonds is 4. The van der Waals surface area contributed by atoms with E-state index in [-0.39, 0.29) is 0 Å². The van der Waals surface area contributed by atoms with E-state index in [2.05, 4.69) is 22.1 Å². The minimum atomic E-state index is 0.301. The van der Waals surface area contributed by atoms with E-state index in [0.717, 1.165) is 30.6 Å². The Hall–Kier alpha value is -1.61. The van der Waals surface area contributed by atoms with E-state index in [4.69, 9.17) is 16.3 Å². The third-order valence-corrected chi connectivity index (χ3v) is 5.68. The second kappa shape index (κ2) is 6.48. The van der Waals surface area contributed by atoms with Gasteiger partial charge in [0.1, 0.15) is 6.10 Å². The SMILES string of the molecule is Clc1ccc(OC2CC3CCC(C2)C3Cc2ccncc2)nc1. The molecule has 0 aliphatic heterocycles. The van der Waals surface area contributed by atoms with E-state index in [1.165, 1.54) is 24.8 Å². The first-order valence-corrected chi connectivity index (χ1v) is 8.83. The first kappa shape index (κ1) is 14.9. The molecule has 4 heteroatoms. The number of pyridine rings is 2. The van der Waals surface area contributed by atoms with E-state index in [0.29, 0.717) is 17.0 Å².